The van der Waals surface area contributed by atoms with Gasteiger partial charge in [-0.05, 0) is 24.7 Å². The molecule has 1 amide bonds. The summed E-state index contributed by atoms with van der Waals surface area (Å²) in [6.45, 7) is 0.851. The van der Waals surface area contributed by atoms with E-state index in [-0.39, 0.29) is 16.7 Å². The number of hydrogen-bond donors (Lipinski definition) is 1. The summed E-state index contributed by atoms with van der Waals surface area (Å²) in [5.41, 5.74) is 0.869. The van der Waals surface area contributed by atoms with Crippen LogP contribution in [0.5, 0.6) is 11.5 Å². The lowest BCUT2D eigenvalue weighted by Crippen LogP contribution is -2.34. The zero-order valence-corrected chi connectivity index (χ0v) is 12.4. The van der Waals surface area contributed by atoms with Crippen LogP contribution in [0.1, 0.15) is 5.56 Å². The predicted octanol–water partition coefficient (Wildman–Crippen LogP) is 1.57. The fourth-order valence-electron chi connectivity index (χ4n) is 1.61. The van der Waals surface area contributed by atoms with Crippen molar-refractivity contribution in [2.75, 3.05) is 34.8 Å². The van der Waals surface area contributed by atoms with Crippen molar-refractivity contribution in [3.63, 3.8) is 0 Å². The van der Waals surface area contributed by atoms with Crippen LogP contribution >= 0.6 is 11.6 Å². The van der Waals surface area contributed by atoms with Crippen LogP contribution in [0.15, 0.2) is 12.1 Å². The van der Waals surface area contributed by atoms with Gasteiger partial charge in [0.1, 0.15) is 0 Å². The monoisotopic (exact) mass is 286 g/mol. The van der Waals surface area contributed by atoms with Crippen molar-refractivity contribution in [1.29, 1.82) is 0 Å². The van der Waals surface area contributed by atoms with Crippen molar-refractivity contribution in [2.24, 2.45) is 0 Å². The normalized spacial score (nSPS) is 10.6. The minimum Gasteiger partial charge on any atom is -0.503 e. The molecule has 1 N–H and O–H groups in total. The van der Waals surface area contributed by atoms with Crippen molar-refractivity contribution >= 4 is 17.5 Å². The molecular formula is C13H19ClN2O3. The first-order chi connectivity index (χ1) is 8.85. The van der Waals surface area contributed by atoms with E-state index in [4.69, 9.17) is 16.3 Å². The highest BCUT2D eigenvalue weighted by molar-refractivity contribution is 6.32. The zero-order chi connectivity index (χ0) is 14.6. The number of phenolic OH excluding ortho intramolecular Hbond substituents is 1. The van der Waals surface area contributed by atoms with Crippen molar-refractivity contribution in [3.05, 3.63) is 22.7 Å². The second kappa shape index (κ2) is 6.63. The highest BCUT2D eigenvalue weighted by Crippen LogP contribution is 2.35. The maximum Gasteiger partial charge on any atom is 0.236 e. The van der Waals surface area contributed by atoms with E-state index in [0.717, 1.165) is 5.56 Å². The molecule has 0 bridgehead atoms. The molecule has 0 saturated heterocycles. The third kappa shape index (κ3) is 4.29. The molecule has 6 heteroatoms. The molecule has 0 spiro atoms. The highest BCUT2D eigenvalue weighted by Gasteiger charge is 2.12. The number of amides is 1. The summed E-state index contributed by atoms with van der Waals surface area (Å²) in [4.78, 5) is 15.0. The molecule has 5 nitrogen and oxygen atoms in total. The number of halogens is 1. The molecule has 0 aliphatic carbocycles. The number of aromatic hydroxyl groups is 1. The van der Waals surface area contributed by atoms with Crippen LogP contribution in [-0.2, 0) is 11.3 Å². The summed E-state index contributed by atoms with van der Waals surface area (Å²) in [5.74, 6) is 0.286. The average Bonchev–Trinajstić information content (AvgIpc) is 2.33. The van der Waals surface area contributed by atoms with Gasteiger partial charge >= 0.3 is 0 Å². The molecule has 0 saturated carbocycles. The molecule has 0 aromatic heterocycles. The van der Waals surface area contributed by atoms with Crippen LogP contribution in [0.3, 0.4) is 0 Å². The number of rotatable bonds is 5. The predicted molar refractivity (Wildman–Crippen MR) is 74.7 cm³/mol. The molecular weight excluding hydrogens is 268 g/mol. The SMILES string of the molecule is COc1cc(CN(C)CC(=O)N(C)C)cc(Cl)c1O. The van der Waals surface area contributed by atoms with Gasteiger partial charge in [-0.2, -0.15) is 0 Å². The topological polar surface area (TPSA) is 53.0 Å². The third-order valence-electron chi connectivity index (χ3n) is 2.66. The molecule has 1 rings (SSSR count). The average molecular weight is 287 g/mol. The zero-order valence-electron chi connectivity index (χ0n) is 11.6. The maximum absolute atomic E-state index is 11.6. The van der Waals surface area contributed by atoms with Gasteiger partial charge in [0.25, 0.3) is 0 Å². The van der Waals surface area contributed by atoms with Crippen molar-refractivity contribution in [1.82, 2.24) is 9.80 Å². The van der Waals surface area contributed by atoms with Crippen molar-refractivity contribution < 1.29 is 14.6 Å². The van der Waals surface area contributed by atoms with Gasteiger partial charge < -0.3 is 14.7 Å². The van der Waals surface area contributed by atoms with E-state index in [2.05, 4.69) is 0 Å². The van der Waals surface area contributed by atoms with Crippen LogP contribution in [0, 0.1) is 0 Å². The number of carbonyl (C=O) groups excluding carboxylic acids is 1. The first-order valence-corrected chi connectivity index (χ1v) is 6.17. The number of carbonyl (C=O) groups is 1. The number of methoxy groups -OCH3 is 1. The van der Waals surface area contributed by atoms with E-state index < -0.39 is 0 Å². The van der Waals surface area contributed by atoms with Gasteiger partial charge in [-0.15, -0.1) is 0 Å². The molecule has 1 aromatic carbocycles. The number of ether oxygens (including phenoxy) is 1. The Morgan fingerprint density at radius 1 is 1.37 bits per heavy atom. The van der Waals surface area contributed by atoms with Gasteiger partial charge in [0.2, 0.25) is 5.91 Å². The molecule has 0 heterocycles. The summed E-state index contributed by atoms with van der Waals surface area (Å²) in [7, 11) is 6.75. The van der Waals surface area contributed by atoms with Gasteiger partial charge in [0, 0.05) is 20.6 Å². The molecule has 0 radical (unpaired) electrons. The number of phenols is 1. The minimum absolute atomic E-state index is 0.0272. The van der Waals surface area contributed by atoms with Gasteiger partial charge in [-0.25, -0.2) is 0 Å². The smallest absolute Gasteiger partial charge is 0.236 e. The minimum atomic E-state index is -0.0695. The summed E-state index contributed by atoms with van der Waals surface area (Å²) in [5, 5.41) is 9.88. The lowest BCUT2D eigenvalue weighted by Gasteiger charge is -2.19. The Bertz CT molecular complexity index is 463. The molecule has 0 unspecified atom stereocenters. The fraction of sp³-hybridized carbons (Fsp3) is 0.462. The van der Waals surface area contributed by atoms with Gasteiger partial charge in [0.15, 0.2) is 11.5 Å². The van der Waals surface area contributed by atoms with E-state index in [1.165, 1.54) is 7.11 Å². The second-order valence-corrected chi connectivity index (χ2v) is 5.00. The summed E-state index contributed by atoms with van der Waals surface area (Å²) < 4.78 is 5.04. The standard InChI is InChI=1S/C13H19ClN2O3/c1-15(2)12(17)8-16(3)7-9-5-10(14)13(18)11(6-9)19-4/h5-6,18H,7-8H2,1-4H3. The Kier molecular flexibility index (Phi) is 5.44. The molecule has 0 atom stereocenters. The highest BCUT2D eigenvalue weighted by atomic mass is 35.5. The van der Waals surface area contributed by atoms with Crippen LogP contribution in [0.4, 0.5) is 0 Å². The Hall–Kier alpha value is -1.46. The quantitative estimate of drug-likeness (QED) is 0.893. The van der Waals surface area contributed by atoms with Crippen molar-refractivity contribution in [3.8, 4) is 11.5 Å². The lowest BCUT2D eigenvalue weighted by atomic mass is 10.2. The molecule has 106 valence electrons. The Morgan fingerprint density at radius 2 is 2.00 bits per heavy atom. The Morgan fingerprint density at radius 3 is 2.53 bits per heavy atom. The van der Waals surface area contributed by atoms with Gasteiger partial charge in [-0.3, -0.25) is 9.69 Å². The molecule has 0 aliphatic rings. The van der Waals surface area contributed by atoms with Crippen LogP contribution in [-0.4, -0.2) is 55.6 Å². The fourth-order valence-corrected chi connectivity index (χ4v) is 1.85. The van der Waals surface area contributed by atoms with Gasteiger partial charge in [-0.1, -0.05) is 11.6 Å². The maximum atomic E-state index is 11.6. The molecule has 1 aromatic rings. The Labute approximate surface area is 118 Å². The lowest BCUT2D eigenvalue weighted by molar-refractivity contribution is -0.129. The van der Waals surface area contributed by atoms with Gasteiger partial charge in [0.05, 0.1) is 18.7 Å². The Balaban J connectivity index is 2.77. The molecule has 0 aliphatic heterocycles. The van der Waals surface area contributed by atoms with Crippen LogP contribution in [0.25, 0.3) is 0 Å². The van der Waals surface area contributed by atoms with Crippen LogP contribution < -0.4 is 4.74 Å². The van der Waals surface area contributed by atoms with Crippen LogP contribution in [0.2, 0.25) is 5.02 Å². The number of hydrogen-bond acceptors (Lipinski definition) is 4. The molecule has 0 fully saturated rings. The largest absolute Gasteiger partial charge is 0.503 e. The van der Waals surface area contributed by atoms with Crippen molar-refractivity contribution in [2.45, 2.75) is 6.54 Å². The van der Waals surface area contributed by atoms with E-state index in [9.17, 15) is 9.90 Å². The summed E-state index contributed by atoms with van der Waals surface area (Å²) in [6, 6.07) is 3.37. The molecule has 19 heavy (non-hydrogen) atoms. The van der Waals surface area contributed by atoms with E-state index >= 15 is 0 Å². The first-order valence-electron chi connectivity index (χ1n) is 5.79. The first kappa shape index (κ1) is 15.6. The summed E-state index contributed by atoms with van der Waals surface area (Å²) in [6.07, 6.45) is 0. The summed E-state index contributed by atoms with van der Waals surface area (Å²) >= 11 is 5.91. The second-order valence-electron chi connectivity index (χ2n) is 4.59. The number of nitrogens with zero attached hydrogens (tertiary/aromatic N) is 2. The van der Waals surface area contributed by atoms with E-state index in [0.29, 0.717) is 18.8 Å². The number of benzene rings is 1. The third-order valence-corrected chi connectivity index (χ3v) is 2.95. The number of likely N-dealkylation sites (N-methyl/N-ethyl adjacent to an activating group) is 2. The van der Waals surface area contributed by atoms with E-state index in [1.807, 2.05) is 11.9 Å². The van der Waals surface area contributed by atoms with E-state index in [1.54, 1.807) is 31.1 Å².